The zero-order valence-corrected chi connectivity index (χ0v) is 20.7. The van der Waals surface area contributed by atoms with E-state index in [0.29, 0.717) is 5.56 Å². The van der Waals surface area contributed by atoms with Gasteiger partial charge in [-0.05, 0) is 18.6 Å². The van der Waals surface area contributed by atoms with Crippen LogP contribution < -0.4 is 15.1 Å². The molecule has 0 bridgehead atoms. The number of halogens is 2. The molecule has 3 heterocycles. The second-order valence-corrected chi connectivity index (χ2v) is 8.78. The van der Waals surface area contributed by atoms with E-state index < -0.39 is 35.7 Å². The number of methoxy groups -OCH3 is 1. The number of hydrogen-bond donors (Lipinski definition) is 1. The summed E-state index contributed by atoms with van der Waals surface area (Å²) in [6.45, 7) is 0.614. The van der Waals surface area contributed by atoms with E-state index in [0.717, 1.165) is 17.0 Å². The summed E-state index contributed by atoms with van der Waals surface area (Å²) in [5.74, 6) is -2.89. The van der Waals surface area contributed by atoms with Crippen molar-refractivity contribution in [2.45, 2.75) is 18.9 Å². The summed E-state index contributed by atoms with van der Waals surface area (Å²) in [5.41, 5.74) is 0.0893. The molecule has 4 rings (SSSR count). The molecule has 11 nitrogen and oxygen atoms in total. The third-order valence-electron chi connectivity index (χ3n) is 6.36. The van der Waals surface area contributed by atoms with Crippen LogP contribution in [0.5, 0.6) is 0 Å². The maximum Gasteiger partial charge on any atom is 0.414 e. The molecular weight excluding hydrogens is 504 g/mol. The number of anilines is 2. The topological polar surface area (TPSA) is 121 Å². The summed E-state index contributed by atoms with van der Waals surface area (Å²) < 4.78 is 39.9. The highest BCUT2D eigenvalue weighted by molar-refractivity contribution is 5.96. The quantitative estimate of drug-likeness (QED) is 0.511. The first-order chi connectivity index (χ1) is 18.3. The van der Waals surface area contributed by atoms with Crippen molar-refractivity contribution in [1.82, 2.24) is 15.2 Å². The molecule has 0 unspecified atom stereocenters. The van der Waals surface area contributed by atoms with E-state index in [9.17, 15) is 19.2 Å². The van der Waals surface area contributed by atoms with Gasteiger partial charge in [0.05, 0.1) is 31.5 Å². The standard InChI is InChI=1S/C25H27F2N5O6/c1-37-22(34)5-4-18-15-32(25(36)38-18)17-11-19(26)23(20(27)12-17)31-9-7-30(8-10-31)21(33)14-29-24(35)16-3-2-6-28-13-16/h2-3,6,11-13,18H,4-5,7-10,14-15H2,1H3,(H,29,35)/t18-/m0/s1. The second kappa shape index (κ2) is 11.8. The van der Waals surface area contributed by atoms with Crippen LogP contribution in [-0.2, 0) is 19.1 Å². The van der Waals surface area contributed by atoms with E-state index >= 15 is 8.78 Å². The van der Waals surface area contributed by atoms with Gasteiger partial charge >= 0.3 is 12.1 Å². The predicted octanol–water partition coefficient (Wildman–Crippen LogP) is 1.72. The smallest absolute Gasteiger partial charge is 0.414 e. The van der Waals surface area contributed by atoms with Gasteiger partial charge in [0.2, 0.25) is 5.91 Å². The van der Waals surface area contributed by atoms with Crippen LogP contribution in [0.25, 0.3) is 0 Å². The van der Waals surface area contributed by atoms with Gasteiger partial charge in [0.15, 0.2) is 11.6 Å². The monoisotopic (exact) mass is 531 g/mol. The number of benzene rings is 1. The Labute approximate surface area is 217 Å². The molecule has 2 aromatic rings. The molecule has 1 aromatic carbocycles. The minimum atomic E-state index is -0.852. The molecule has 0 saturated carbocycles. The van der Waals surface area contributed by atoms with Crippen molar-refractivity contribution >= 4 is 35.3 Å². The van der Waals surface area contributed by atoms with Gasteiger partial charge < -0.3 is 24.6 Å². The largest absolute Gasteiger partial charge is 0.469 e. The van der Waals surface area contributed by atoms with Gasteiger partial charge in [-0.3, -0.25) is 24.3 Å². The SMILES string of the molecule is COC(=O)CC[C@H]1CN(c2cc(F)c(N3CCN(C(=O)CNC(=O)c4cccnc4)CC3)c(F)c2)C(=O)O1. The van der Waals surface area contributed by atoms with Crippen molar-refractivity contribution in [2.75, 3.05) is 56.2 Å². The number of cyclic esters (lactones) is 1. The van der Waals surface area contributed by atoms with Crippen molar-refractivity contribution < 1.29 is 37.4 Å². The maximum absolute atomic E-state index is 15.0. The van der Waals surface area contributed by atoms with Gasteiger partial charge in [0, 0.05) is 57.1 Å². The van der Waals surface area contributed by atoms with Crippen molar-refractivity contribution in [3.05, 3.63) is 53.9 Å². The highest BCUT2D eigenvalue weighted by atomic mass is 19.1. The zero-order chi connectivity index (χ0) is 27.2. The fourth-order valence-electron chi connectivity index (χ4n) is 4.32. The molecule has 0 aliphatic carbocycles. The van der Waals surface area contributed by atoms with Gasteiger partial charge in [0.25, 0.3) is 5.91 Å². The number of amides is 3. The summed E-state index contributed by atoms with van der Waals surface area (Å²) in [4.78, 5) is 56.2. The summed E-state index contributed by atoms with van der Waals surface area (Å²) in [5, 5.41) is 2.54. The van der Waals surface area contributed by atoms with E-state index in [-0.39, 0.29) is 69.4 Å². The Bertz CT molecular complexity index is 1180. The summed E-state index contributed by atoms with van der Waals surface area (Å²) in [7, 11) is 1.25. The lowest BCUT2D eigenvalue weighted by Crippen LogP contribution is -2.51. The summed E-state index contributed by atoms with van der Waals surface area (Å²) >= 11 is 0. The number of carbonyl (C=O) groups excluding carboxylic acids is 4. The van der Waals surface area contributed by atoms with E-state index in [1.54, 1.807) is 12.1 Å². The van der Waals surface area contributed by atoms with Crippen LogP contribution >= 0.6 is 0 Å². The van der Waals surface area contributed by atoms with E-state index in [1.807, 2.05) is 0 Å². The van der Waals surface area contributed by atoms with Gasteiger partial charge in [-0.15, -0.1) is 0 Å². The average molecular weight is 532 g/mol. The molecule has 2 aliphatic heterocycles. The van der Waals surface area contributed by atoms with E-state index in [2.05, 4.69) is 15.0 Å². The molecular formula is C25H27F2N5O6. The second-order valence-electron chi connectivity index (χ2n) is 8.78. The lowest BCUT2D eigenvalue weighted by atomic mass is 10.1. The number of aromatic nitrogens is 1. The van der Waals surface area contributed by atoms with Crippen LogP contribution in [0.4, 0.5) is 25.0 Å². The maximum atomic E-state index is 15.0. The number of carbonyl (C=O) groups is 4. The number of piperazine rings is 1. The Kier molecular flexibility index (Phi) is 8.34. The summed E-state index contributed by atoms with van der Waals surface area (Å²) in [6, 6.07) is 5.32. The number of rotatable bonds is 8. The highest BCUT2D eigenvalue weighted by Crippen LogP contribution is 2.32. The minimum Gasteiger partial charge on any atom is -0.469 e. The van der Waals surface area contributed by atoms with Crippen LogP contribution in [0.2, 0.25) is 0 Å². The molecule has 0 spiro atoms. The molecule has 2 fully saturated rings. The van der Waals surface area contributed by atoms with Crippen LogP contribution in [0.15, 0.2) is 36.7 Å². The molecule has 38 heavy (non-hydrogen) atoms. The van der Waals surface area contributed by atoms with Crippen molar-refractivity contribution in [3.8, 4) is 0 Å². The van der Waals surface area contributed by atoms with E-state index in [1.165, 1.54) is 29.3 Å². The normalized spacial score (nSPS) is 17.3. The molecule has 2 saturated heterocycles. The van der Waals surface area contributed by atoms with Crippen molar-refractivity contribution in [1.29, 1.82) is 0 Å². The van der Waals surface area contributed by atoms with Gasteiger partial charge in [-0.25, -0.2) is 13.6 Å². The third kappa shape index (κ3) is 6.15. The fourth-order valence-corrected chi connectivity index (χ4v) is 4.32. The van der Waals surface area contributed by atoms with Gasteiger partial charge in [0.1, 0.15) is 11.8 Å². The Morgan fingerprint density at radius 2 is 1.87 bits per heavy atom. The minimum absolute atomic E-state index is 0.00693. The molecule has 202 valence electrons. The van der Waals surface area contributed by atoms with Crippen LogP contribution in [-0.4, -0.2) is 86.2 Å². The fraction of sp³-hybridized carbons (Fsp3) is 0.400. The molecule has 0 radical (unpaired) electrons. The number of pyridine rings is 1. The lowest BCUT2D eigenvalue weighted by molar-refractivity contribution is -0.141. The third-order valence-corrected chi connectivity index (χ3v) is 6.36. The van der Waals surface area contributed by atoms with Crippen molar-refractivity contribution in [3.63, 3.8) is 0 Å². The number of ether oxygens (including phenoxy) is 2. The number of nitrogens with zero attached hydrogens (tertiary/aromatic N) is 4. The van der Waals surface area contributed by atoms with Crippen LogP contribution in [0.1, 0.15) is 23.2 Å². The average Bonchev–Trinajstić information content (AvgIpc) is 3.30. The molecule has 1 atom stereocenters. The Balaban J connectivity index is 1.32. The molecule has 13 heteroatoms. The number of hydrogen-bond acceptors (Lipinski definition) is 8. The number of nitrogens with one attached hydrogen (secondary N) is 1. The number of esters is 1. The molecule has 2 aliphatic rings. The van der Waals surface area contributed by atoms with Gasteiger partial charge in [-0.2, -0.15) is 0 Å². The molecule has 3 amide bonds. The molecule has 1 N–H and O–H groups in total. The van der Waals surface area contributed by atoms with Gasteiger partial charge in [-0.1, -0.05) is 0 Å². The highest BCUT2D eigenvalue weighted by Gasteiger charge is 2.34. The molecule has 1 aromatic heterocycles. The Hall–Kier alpha value is -4.29. The Morgan fingerprint density at radius 1 is 1.16 bits per heavy atom. The first-order valence-corrected chi connectivity index (χ1v) is 12.0. The zero-order valence-electron chi connectivity index (χ0n) is 20.7. The van der Waals surface area contributed by atoms with E-state index in [4.69, 9.17) is 4.74 Å². The van der Waals surface area contributed by atoms with Crippen molar-refractivity contribution in [2.24, 2.45) is 0 Å². The first kappa shape index (κ1) is 26.8. The Morgan fingerprint density at radius 3 is 2.50 bits per heavy atom. The summed E-state index contributed by atoms with van der Waals surface area (Å²) in [6.07, 6.45) is 1.85. The first-order valence-electron chi connectivity index (χ1n) is 12.0. The van der Waals surface area contributed by atoms with Crippen LogP contribution in [0, 0.1) is 11.6 Å². The lowest BCUT2D eigenvalue weighted by Gasteiger charge is -2.36. The van der Waals surface area contributed by atoms with Crippen LogP contribution in [0.3, 0.4) is 0 Å². The predicted molar refractivity (Wildman–Crippen MR) is 131 cm³/mol.